The van der Waals surface area contributed by atoms with Crippen LogP contribution in [-0.4, -0.2) is 45.0 Å². The highest BCUT2D eigenvalue weighted by Gasteiger charge is 2.25. The van der Waals surface area contributed by atoms with Crippen LogP contribution in [0, 0.1) is 5.92 Å². The summed E-state index contributed by atoms with van der Waals surface area (Å²) in [6.45, 7) is 9.53. The average Bonchev–Trinajstić information content (AvgIpc) is 3.12. The maximum Gasteiger partial charge on any atom is 0.306 e. The van der Waals surface area contributed by atoms with Gasteiger partial charge >= 0.3 is 5.97 Å². The number of hydrogen-bond acceptors (Lipinski definition) is 5. The molecule has 1 aliphatic heterocycles. The summed E-state index contributed by atoms with van der Waals surface area (Å²) in [4.78, 5) is 13.8. The van der Waals surface area contributed by atoms with Crippen molar-refractivity contribution in [3.8, 4) is 16.2 Å². The van der Waals surface area contributed by atoms with E-state index in [9.17, 15) is 9.90 Å². The second kappa shape index (κ2) is 9.36. The molecule has 31 heavy (non-hydrogen) atoms. The Morgan fingerprint density at radius 1 is 1.23 bits per heavy atom. The number of aromatic hydroxyl groups is 1. The Kier molecular flexibility index (Phi) is 7.01. The lowest BCUT2D eigenvalue weighted by Gasteiger charge is -2.31. The van der Waals surface area contributed by atoms with Gasteiger partial charge < -0.3 is 15.1 Å². The maximum atomic E-state index is 11.1. The minimum Gasteiger partial charge on any atom is -0.506 e. The van der Waals surface area contributed by atoms with Gasteiger partial charge in [-0.3, -0.25) is 10.2 Å². The van der Waals surface area contributed by atoms with Crippen molar-refractivity contribution in [1.82, 2.24) is 10.3 Å². The SMILES string of the molecule is C/C(=N\NC(=S)N1CCC(C(=O)O)CC1)c1csc(-c2ccc(C(C)(C)C)cc2)c1O. The van der Waals surface area contributed by atoms with E-state index in [1.54, 1.807) is 0 Å². The normalized spacial score (nSPS) is 15.7. The number of aliphatic carboxylic acids is 1. The summed E-state index contributed by atoms with van der Waals surface area (Å²) in [6, 6.07) is 8.28. The fourth-order valence-electron chi connectivity index (χ4n) is 3.53. The van der Waals surface area contributed by atoms with Crippen molar-refractivity contribution in [2.24, 2.45) is 11.0 Å². The van der Waals surface area contributed by atoms with Crippen molar-refractivity contribution in [3.63, 3.8) is 0 Å². The lowest BCUT2D eigenvalue weighted by molar-refractivity contribution is -0.143. The van der Waals surface area contributed by atoms with Crippen molar-refractivity contribution in [2.45, 2.75) is 46.0 Å². The molecule has 1 aromatic heterocycles. The number of rotatable bonds is 4. The summed E-state index contributed by atoms with van der Waals surface area (Å²) in [5, 5.41) is 26.6. The average molecular weight is 460 g/mol. The molecular weight excluding hydrogens is 430 g/mol. The zero-order chi connectivity index (χ0) is 22.8. The standard InChI is InChI=1S/C23H29N3O3S2/c1-14(24-25-22(30)26-11-9-16(10-12-26)21(28)29)18-13-31-20(19(18)27)15-5-7-17(8-6-15)23(2,3)4/h5-8,13,16,27H,9-12H2,1-4H3,(H,25,30)(H,28,29)/b24-14+. The lowest BCUT2D eigenvalue weighted by Crippen LogP contribution is -2.44. The molecule has 1 fully saturated rings. The molecule has 0 bridgehead atoms. The number of carboxylic acids is 1. The number of nitrogens with one attached hydrogen (secondary N) is 1. The van der Waals surface area contributed by atoms with E-state index >= 15 is 0 Å². The zero-order valence-electron chi connectivity index (χ0n) is 18.3. The number of thiocarbonyl (C=S) groups is 1. The van der Waals surface area contributed by atoms with Crippen molar-refractivity contribution in [3.05, 3.63) is 40.8 Å². The Balaban J connectivity index is 1.67. The Bertz CT molecular complexity index is 982. The fraction of sp³-hybridized carbons (Fsp3) is 0.435. The highest BCUT2D eigenvalue weighted by molar-refractivity contribution is 7.80. The van der Waals surface area contributed by atoms with E-state index < -0.39 is 5.97 Å². The molecule has 0 spiro atoms. The van der Waals surface area contributed by atoms with Gasteiger partial charge in [-0.25, -0.2) is 0 Å². The summed E-state index contributed by atoms with van der Waals surface area (Å²) < 4.78 is 0. The van der Waals surface area contributed by atoms with Crippen LogP contribution < -0.4 is 5.43 Å². The fourth-order valence-corrected chi connectivity index (χ4v) is 4.77. The molecule has 0 aliphatic carbocycles. The third-order valence-corrected chi connectivity index (χ3v) is 6.99. The van der Waals surface area contributed by atoms with Crippen LogP contribution in [0.3, 0.4) is 0 Å². The summed E-state index contributed by atoms with van der Waals surface area (Å²) in [6.07, 6.45) is 1.14. The predicted octanol–water partition coefficient (Wildman–Crippen LogP) is 4.81. The molecule has 0 unspecified atom stereocenters. The quantitative estimate of drug-likeness (QED) is 0.346. The first kappa shape index (κ1) is 23.2. The van der Waals surface area contributed by atoms with E-state index in [1.807, 2.05) is 29.3 Å². The van der Waals surface area contributed by atoms with Crippen LogP contribution in [0.15, 0.2) is 34.7 Å². The van der Waals surface area contributed by atoms with Crippen LogP contribution in [-0.2, 0) is 10.2 Å². The Hall–Kier alpha value is -2.45. The third-order valence-electron chi connectivity index (χ3n) is 5.62. The van der Waals surface area contributed by atoms with Crippen LogP contribution in [0.5, 0.6) is 5.75 Å². The van der Waals surface area contributed by atoms with Gasteiger partial charge in [0, 0.05) is 18.5 Å². The number of piperidine rings is 1. The molecule has 2 heterocycles. The highest BCUT2D eigenvalue weighted by Crippen LogP contribution is 2.39. The summed E-state index contributed by atoms with van der Waals surface area (Å²) in [5.41, 5.74) is 6.48. The Morgan fingerprint density at radius 2 is 1.84 bits per heavy atom. The van der Waals surface area contributed by atoms with E-state index in [2.05, 4.69) is 43.4 Å². The van der Waals surface area contributed by atoms with Gasteiger partial charge in [0.1, 0.15) is 5.75 Å². The smallest absolute Gasteiger partial charge is 0.306 e. The molecule has 0 radical (unpaired) electrons. The van der Waals surface area contributed by atoms with Crippen LogP contribution in [0.4, 0.5) is 0 Å². The molecule has 2 aromatic rings. The topological polar surface area (TPSA) is 85.2 Å². The van der Waals surface area contributed by atoms with E-state index in [0.29, 0.717) is 42.3 Å². The van der Waals surface area contributed by atoms with Crippen LogP contribution in [0.1, 0.15) is 51.7 Å². The van der Waals surface area contributed by atoms with Gasteiger partial charge in [0.05, 0.1) is 22.1 Å². The van der Waals surface area contributed by atoms with Gasteiger partial charge in [-0.05, 0) is 48.5 Å². The van der Waals surface area contributed by atoms with Crippen molar-refractivity contribution in [1.29, 1.82) is 0 Å². The van der Waals surface area contributed by atoms with Gasteiger partial charge in [-0.1, -0.05) is 45.0 Å². The first-order chi connectivity index (χ1) is 14.6. The molecule has 0 atom stereocenters. The van der Waals surface area contributed by atoms with Crippen molar-refractivity contribution < 1.29 is 15.0 Å². The van der Waals surface area contributed by atoms with Gasteiger partial charge in [0.15, 0.2) is 5.11 Å². The first-order valence-electron chi connectivity index (χ1n) is 10.3. The molecule has 166 valence electrons. The largest absolute Gasteiger partial charge is 0.506 e. The summed E-state index contributed by atoms with van der Waals surface area (Å²) in [5.74, 6) is -0.836. The van der Waals surface area contributed by atoms with E-state index in [1.165, 1.54) is 16.9 Å². The molecular formula is C23H29N3O3S2. The minimum atomic E-state index is -0.746. The van der Waals surface area contributed by atoms with Crippen LogP contribution in [0.2, 0.25) is 0 Å². The van der Waals surface area contributed by atoms with E-state index in [4.69, 9.17) is 17.3 Å². The van der Waals surface area contributed by atoms with Gasteiger partial charge in [0.2, 0.25) is 0 Å². The second-order valence-corrected chi connectivity index (χ2v) is 10.1. The number of thiophene rings is 1. The zero-order valence-corrected chi connectivity index (χ0v) is 19.9. The number of nitrogens with zero attached hydrogens (tertiary/aromatic N) is 2. The maximum absolute atomic E-state index is 11.1. The second-order valence-electron chi connectivity index (χ2n) is 8.87. The summed E-state index contributed by atoms with van der Waals surface area (Å²) in [7, 11) is 0. The monoisotopic (exact) mass is 459 g/mol. The van der Waals surface area contributed by atoms with E-state index in [0.717, 1.165) is 10.4 Å². The van der Waals surface area contributed by atoms with Gasteiger partial charge in [-0.15, -0.1) is 11.3 Å². The molecule has 1 aliphatic rings. The number of carboxylic acid groups (broad SMARTS) is 1. The highest BCUT2D eigenvalue weighted by atomic mass is 32.1. The molecule has 3 N–H and O–H groups in total. The third kappa shape index (κ3) is 5.43. The first-order valence-corrected chi connectivity index (χ1v) is 11.6. The molecule has 1 aromatic carbocycles. The van der Waals surface area contributed by atoms with E-state index in [-0.39, 0.29) is 17.1 Å². The van der Waals surface area contributed by atoms with Crippen molar-refractivity contribution >= 4 is 40.3 Å². The number of benzene rings is 1. The van der Waals surface area contributed by atoms with Crippen LogP contribution in [0.25, 0.3) is 10.4 Å². The number of likely N-dealkylation sites (tertiary alicyclic amines) is 1. The number of hydrazone groups is 1. The summed E-state index contributed by atoms with van der Waals surface area (Å²) >= 11 is 6.88. The Labute approximate surface area is 192 Å². The predicted molar refractivity (Wildman–Crippen MR) is 130 cm³/mol. The number of hydrogen-bond donors (Lipinski definition) is 3. The molecule has 3 rings (SSSR count). The number of carbonyl (C=O) groups is 1. The minimum absolute atomic E-state index is 0.0808. The van der Waals surface area contributed by atoms with Gasteiger partial charge in [0.25, 0.3) is 0 Å². The lowest BCUT2D eigenvalue weighted by atomic mass is 9.86. The Morgan fingerprint density at radius 3 is 2.39 bits per heavy atom. The van der Waals surface area contributed by atoms with Gasteiger partial charge in [-0.2, -0.15) is 5.10 Å². The molecule has 0 saturated carbocycles. The van der Waals surface area contributed by atoms with Crippen molar-refractivity contribution in [2.75, 3.05) is 13.1 Å². The molecule has 1 saturated heterocycles. The van der Waals surface area contributed by atoms with Crippen LogP contribution >= 0.6 is 23.6 Å². The molecule has 8 heteroatoms. The molecule has 0 amide bonds. The molecule has 6 nitrogen and oxygen atoms in total.